The Morgan fingerprint density at radius 1 is 1.17 bits per heavy atom. The summed E-state index contributed by atoms with van der Waals surface area (Å²) in [6, 6.07) is 5.58. The number of piperazine rings is 1. The van der Waals surface area contributed by atoms with Crippen LogP contribution in [0, 0.1) is 0 Å². The van der Waals surface area contributed by atoms with Crippen LogP contribution in [-0.4, -0.2) is 65.0 Å². The van der Waals surface area contributed by atoms with Crippen LogP contribution in [0.15, 0.2) is 24.3 Å². The van der Waals surface area contributed by atoms with Gasteiger partial charge in [-0.1, -0.05) is 13.0 Å². The maximum atomic E-state index is 13.0. The maximum absolute atomic E-state index is 13.0. The molecule has 1 aromatic carbocycles. The van der Waals surface area contributed by atoms with Gasteiger partial charge in [-0.2, -0.15) is 13.2 Å². The second kappa shape index (κ2) is 10.2. The molecule has 1 unspecified atom stereocenters. The van der Waals surface area contributed by atoms with Gasteiger partial charge in [0.05, 0.1) is 24.8 Å². The minimum absolute atomic E-state index is 0. The smallest absolute Gasteiger partial charge is 0.416 e. The summed E-state index contributed by atoms with van der Waals surface area (Å²) in [6.45, 7) is 5.95. The number of rotatable bonds is 7. The molecule has 29 heavy (non-hydrogen) atoms. The summed E-state index contributed by atoms with van der Waals surface area (Å²) in [5.74, 6) is 0.798. The number of nitrogens with zero attached hydrogens (tertiary/aromatic N) is 6. The van der Waals surface area contributed by atoms with E-state index in [1.165, 1.54) is 12.1 Å². The number of halogens is 4. The Morgan fingerprint density at radius 3 is 2.52 bits per heavy atom. The Bertz CT molecular complexity index is 764. The van der Waals surface area contributed by atoms with Gasteiger partial charge in [0.25, 0.3) is 0 Å². The number of methoxy groups -OCH3 is 1. The third kappa shape index (κ3) is 5.58. The molecule has 1 aromatic heterocycles. The molecular formula is C18H25ClF3N6O-. The lowest BCUT2D eigenvalue weighted by Crippen LogP contribution is -3.00. The van der Waals surface area contributed by atoms with Crippen LogP contribution in [0.1, 0.15) is 30.8 Å². The Kier molecular flexibility index (Phi) is 8.23. The first-order chi connectivity index (χ1) is 13.4. The largest absolute Gasteiger partial charge is 1.00 e. The summed E-state index contributed by atoms with van der Waals surface area (Å²) in [7, 11) is 1.63. The zero-order valence-corrected chi connectivity index (χ0v) is 17.2. The molecule has 3 rings (SSSR count). The number of hydrogen-bond acceptors (Lipinski definition) is 6. The van der Waals surface area contributed by atoms with E-state index in [1.807, 2.05) is 4.90 Å². The molecule has 0 aliphatic carbocycles. The number of tetrazole rings is 1. The first-order valence-electron chi connectivity index (χ1n) is 9.35. The maximum Gasteiger partial charge on any atom is 0.416 e. The zero-order chi connectivity index (χ0) is 20.1. The molecule has 1 aliphatic rings. The van der Waals surface area contributed by atoms with E-state index in [9.17, 15) is 13.2 Å². The van der Waals surface area contributed by atoms with Crippen molar-refractivity contribution in [3.63, 3.8) is 0 Å². The molecule has 0 amide bonds. The molecule has 1 aliphatic heterocycles. The first-order valence-corrected chi connectivity index (χ1v) is 9.35. The van der Waals surface area contributed by atoms with Gasteiger partial charge in [-0.05, 0) is 35.0 Å². The van der Waals surface area contributed by atoms with Crippen molar-refractivity contribution in [3.05, 3.63) is 35.7 Å². The number of alkyl halides is 3. The van der Waals surface area contributed by atoms with Crippen molar-refractivity contribution in [1.82, 2.24) is 25.1 Å². The second-order valence-corrected chi connectivity index (χ2v) is 6.75. The zero-order valence-electron chi connectivity index (χ0n) is 16.4. The molecule has 1 saturated heterocycles. The molecule has 0 radical (unpaired) electrons. The average molecular weight is 434 g/mol. The number of anilines is 1. The SMILES string of the molecule is CCC(c1nnnn1CCOC)N1CCN(c2cccc(C(F)(F)F)c2)CC1.[Cl-]. The second-order valence-electron chi connectivity index (χ2n) is 6.75. The fourth-order valence-corrected chi connectivity index (χ4v) is 3.56. The van der Waals surface area contributed by atoms with Crippen molar-refractivity contribution in [1.29, 1.82) is 0 Å². The third-order valence-corrected chi connectivity index (χ3v) is 5.05. The van der Waals surface area contributed by atoms with Crippen LogP contribution in [0.4, 0.5) is 18.9 Å². The van der Waals surface area contributed by atoms with Crippen LogP contribution >= 0.6 is 0 Å². The molecular weight excluding hydrogens is 409 g/mol. The van der Waals surface area contributed by atoms with E-state index in [0.717, 1.165) is 31.4 Å². The summed E-state index contributed by atoms with van der Waals surface area (Å²) >= 11 is 0. The van der Waals surface area contributed by atoms with E-state index in [0.29, 0.717) is 31.9 Å². The topological polar surface area (TPSA) is 59.3 Å². The van der Waals surface area contributed by atoms with Crippen LogP contribution in [0.3, 0.4) is 0 Å². The lowest BCUT2D eigenvalue weighted by atomic mass is 10.1. The summed E-state index contributed by atoms with van der Waals surface area (Å²) in [5, 5.41) is 12.0. The third-order valence-electron chi connectivity index (χ3n) is 5.05. The standard InChI is InChI=1S/C18H25F3N6O.ClH/c1-3-16(17-22-23-24-27(17)11-12-28-2)26-9-7-25(8-10-26)15-6-4-5-14(13-15)18(19,20)21;/h4-6,13,16H,3,7-12H2,1-2H3;1H/p-1. The van der Waals surface area contributed by atoms with Gasteiger partial charge in [-0.25, -0.2) is 4.68 Å². The summed E-state index contributed by atoms with van der Waals surface area (Å²) in [4.78, 5) is 4.28. The molecule has 0 bridgehead atoms. The molecule has 11 heteroatoms. The lowest BCUT2D eigenvalue weighted by molar-refractivity contribution is -0.137. The fourth-order valence-electron chi connectivity index (χ4n) is 3.56. The van der Waals surface area contributed by atoms with E-state index in [4.69, 9.17) is 4.74 Å². The highest BCUT2D eigenvalue weighted by Gasteiger charge is 2.32. The molecule has 0 N–H and O–H groups in total. The normalized spacial score (nSPS) is 16.5. The Labute approximate surface area is 174 Å². The van der Waals surface area contributed by atoms with Gasteiger partial charge in [-0.3, -0.25) is 4.90 Å². The van der Waals surface area contributed by atoms with Crippen molar-refractivity contribution in [2.24, 2.45) is 0 Å². The lowest BCUT2D eigenvalue weighted by Gasteiger charge is -2.39. The van der Waals surface area contributed by atoms with Gasteiger partial charge < -0.3 is 22.0 Å². The molecule has 0 spiro atoms. The van der Waals surface area contributed by atoms with Crippen molar-refractivity contribution in [2.75, 3.05) is 44.8 Å². The van der Waals surface area contributed by atoms with Crippen molar-refractivity contribution in [2.45, 2.75) is 32.1 Å². The van der Waals surface area contributed by atoms with Crippen molar-refractivity contribution >= 4 is 5.69 Å². The van der Waals surface area contributed by atoms with Crippen LogP contribution in [0.2, 0.25) is 0 Å². The minimum Gasteiger partial charge on any atom is -1.00 e. The number of aromatic nitrogens is 4. The highest BCUT2D eigenvalue weighted by Crippen LogP contribution is 2.32. The Morgan fingerprint density at radius 2 is 1.90 bits per heavy atom. The fraction of sp³-hybridized carbons (Fsp3) is 0.611. The summed E-state index contributed by atoms with van der Waals surface area (Å²) < 4.78 is 45.8. The van der Waals surface area contributed by atoms with E-state index in [1.54, 1.807) is 17.9 Å². The van der Waals surface area contributed by atoms with E-state index < -0.39 is 11.7 Å². The van der Waals surface area contributed by atoms with Crippen molar-refractivity contribution in [3.8, 4) is 0 Å². The summed E-state index contributed by atoms with van der Waals surface area (Å²) in [5.41, 5.74) is -0.0105. The van der Waals surface area contributed by atoms with Gasteiger partial charge in [0.1, 0.15) is 0 Å². The predicted molar refractivity (Wildman–Crippen MR) is 98.0 cm³/mol. The molecule has 7 nitrogen and oxygen atoms in total. The molecule has 0 saturated carbocycles. The number of benzene rings is 1. The highest BCUT2D eigenvalue weighted by molar-refractivity contribution is 5.49. The van der Waals surface area contributed by atoms with E-state index in [-0.39, 0.29) is 18.4 Å². The number of ether oxygens (including phenoxy) is 1. The van der Waals surface area contributed by atoms with E-state index in [2.05, 4.69) is 27.3 Å². The first kappa shape index (κ1) is 23.4. The van der Waals surface area contributed by atoms with Gasteiger partial charge in [0, 0.05) is 39.0 Å². The molecule has 2 heterocycles. The van der Waals surface area contributed by atoms with Gasteiger partial charge in [0.15, 0.2) is 5.82 Å². The number of hydrogen-bond donors (Lipinski definition) is 0. The monoisotopic (exact) mass is 433 g/mol. The quantitative estimate of drug-likeness (QED) is 0.593. The molecule has 1 atom stereocenters. The van der Waals surface area contributed by atoms with Crippen LogP contribution < -0.4 is 17.3 Å². The van der Waals surface area contributed by atoms with Gasteiger partial charge in [-0.15, -0.1) is 5.10 Å². The minimum atomic E-state index is -4.33. The predicted octanol–water partition coefficient (Wildman–Crippen LogP) is -0.384. The van der Waals surface area contributed by atoms with Crippen LogP contribution in [-0.2, 0) is 17.5 Å². The Hall–Kier alpha value is -1.91. The van der Waals surface area contributed by atoms with Gasteiger partial charge in [0.2, 0.25) is 0 Å². The average Bonchev–Trinajstić information content (AvgIpc) is 3.15. The molecule has 162 valence electrons. The summed E-state index contributed by atoms with van der Waals surface area (Å²) in [6.07, 6.45) is -3.48. The highest BCUT2D eigenvalue weighted by atomic mass is 35.5. The Balaban J connectivity index is 0.00000300. The van der Waals surface area contributed by atoms with E-state index >= 15 is 0 Å². The van der Waals surface area contributed by atoms with Gasteiger partial charge >= 0.3 is 6.18 Å². The molecule has 1 fully saturated rings. The molecule has 2 aromatic rings. The van der Waals surface area contributed by atoms with Crippen molar-refractivity contribution < 1.29 is 30.3 Å². The van der Waals surface area contributed by atoms with Crippen LogP contribution in [0.25, 0.3) is 0 Å². The van der Waals surface area contributed by atoms with Crippen LogP contribution in [0.5, 0.6) is 0 Å².